The second kappa shape index (κ2) is 7.97. The van der Waals surface area contributed by atoms with Crippen molar-refractivity contribution in [2.75, 3.05) is 11.4 Å². The first-order valence-electron chi connectivity index (χ1n) is 8.26. The van der Waals surface area contributed by atoms with Gasteiger partial charge in [0.05, 0.1) is 0 Å². The molecule has 0 saturated heterocycles. The molecule has 3 nitrogen and oxygen atoms in total. The SMILES string of the molecule is Cc1ccc(N(CC(C)(C)CC=Cc2ccc(F)cc2)C(=O)O)cc1. The van der Waals surface area contributed by atoms with Crippen molar-refractivity contribution in [1.29, 1.82) is 0 Å². The molecule has 2 rings (SSSR count). The van der Waals surface area contributed by atoms with Crippen LogP contribution in [0.1, 0.15) is 31.4 Å². The minimum Gasteiger partial charge on any atom is -0.465 e. The summed E-state index contributed by atoms with van der Waals surface area (Å²) in [6.45, 7) is 6.43. The van der Waals surface area contributed by atoms with E-state index in [0.717, 1.165) is 11.1 Å². The molecular formula is C21H24FNO2. The molecule has 0 aliphatic rings. The lowest BCUT2D eigenvalue weighted by Crippen LogP contribution is -2.38. The summed E-state index contributed by atoms with van der Waals surface area (Å²) in [4.78, 5) is 13.0. The Morgan fingerprint density at radius 2 is 1.72 bits per heavy atom. The van der Waals surface area contributed by atoms with Crippen LogP contribution in [0.4, 0.5) is 14.9 Å². The summed E-state index contributed by atoms with van der Waals surface area (Å²) < 4.78 is 12.9. The Labute approximate surface area is 148 Å². The van der Waals surface area contributed by atoms with Crippen LogP contribution in [0.25, 0.3) is 6.08 Å². The molecule has 2 aromatic carbocycles. The maximum atomic E-state index is 12.9. The van der Waals surface area contributed by atoms with Gasteiger partial charge in [-0.3, -0.25) is 4.90 Å². The molecule has 25 heavy (non-hydrogen) atoms. The Hall–Kier alpha value is -2.62. The van der Waals surface area contributed by atoms with Gasteiger partial charge in [-0.1, -0.05) is 55.8 Å². The first-order valence-corrected chi connectivity index (χ1v) is 8.26. The van der Waals surface area contributed by atoms with Gasteiger partial charge < -0.3 is 5.11 Å². The zero-order valence-corrected chi connectivity index (χ0v) is 14.9. The summed E-state index contributed by atoms with van der Waals surface area (Å²) in [6.07, 6.45) is 3.68. The number of allylic oxidation sites excluding steroid dienone is 1. The molecule has 132 valence electrons. The van der Waals surface area contributed by atoms with E-state index in [0.29, 0.717) is 18.7 Å². The standard InChI is InChI=1S/C21H24FNO2/c1-16-6-12-19(13-7-16)23(20(24)25)15-21(2,3)14-4-5-17-8-10-18(22)11-9-17/h4-13H,14-15H2,1-3H3,(H,24,25). The van der Waals surface area contributed by atoms with E-state index in [9.17, 15) is 14.3 Å². The summed E-state index contributed by atoms with van der Waals surface area (Å²) in [7, 11) is 0. The Kier molecular flexibility index (Phi) is 5.97. The van der Waals surface area contributed by atoms with Crippen molar-refractivity contribution < 1.29 is 14.3 Å². The predicted molar refractivity (Wildman–Crippen MR) is 100 cm³/mol. The fourth-order valence-electron chi connectivity index (χ4n) is 2.57. The molecule has 0 radical (unpaired) electrons. The molecule has 4 heteroatoms. The van der Waals surface area contributed by atoms with Crippen molar-refractivity contribution in [2.24, 2.45) is 5.41 Å². The minimum absolute atomic E-state index is 0.236. The normalized spacial score (nSPS) is 11.7. The molecule has 0 saturated carbocycles. The van der Waals surface area contributed by atoms with Crippen LogP contribution >= 0.6 is 0 Å². The molecular weight excluding hydrogens is 317 g/mol. The lowest BCUT2D eigenvalue weighted by atomic mass is 9.88. The molecule has 0 aromatic heterocycles. The first kappa shape index (κ1) is 18.7. The monoisotopic (exact) mass is 341 g/mol. The average Bonchev–Trinajstić information content (AvgIpc) is 2.55. The Morgan fingerprint density at radius 1 is 1.12 bits per heavy atom. The third-order valence-electron chi connectivity index (χ3n) is 4.01. The van der Waals surface area contributed by atoms with Crippen LogP contribution in [0.15, 0.2) is 54.6 Å². The van der Waals surface area contributed by atoms with Crippen LogP contribution in [0.2, 0.25) is 0 Å². The van der Waals surface area contributed by atoms with Gasteiger partial charge in [0.25, 0.3) is 0 Å². The maximum absolute atomic E-state index is 12.9. The van der Waals surface area contributed by atoms with Crippen molar-refractivity contribution in [3.63, 3.8) is 0 Å². The van der Waals surface area contributed by atoms with Gasteiger partial charge in [-0.05, 0) is 48.6 Å². The molecule has 2 aromatic rings. The first-order chi connectivity index (χ1) is 11.8. The second-order valence-corrected chi connectivity index (χ2v) is 7.03. The zero-order chi connectivity index (χ0) is 18.4. The van der Waals surface area contributed by atoms with Crippen LogP contribution in [-0.2, 0) is 0 Å². The minimum atomic E-state index is -0.959. The van der Waals surface area contributed by atoms with Crippen molar-refractivity contribution in [1.82, 2.24) is 0 Å². The molecule has 0 atom stereocenters. The van der Waals surface area contributed by atoms with Gasteiger partial charge >= 0.3 is 6.09 Å². The highest BCUT2D eigenvalue weighted by molar-refractivity contribution is 5.86. The number of rotatable bonds is 6. The molecule has 0 aliphatic carbocycles. The van der Waals surface area contributed by atoms with Gasteiger partial charge in [0.15, 0.2) is 0 Å². The van der Waals surface area contributed by atoms with E-state index in [1.54, 1.807) is 12.1 Å². The Bertz CT molecular complexity index is 733. The summed E-state index contributed by atoms with van der Waals surface area (Å²) in [6, 6.07) is 13.8. The topological polar surface area (TPSA) is 40.5 Å². The van der Waals surface area contributed by atoms with Crippen LogP contribution in [0, 0.1) is 18.2 Å². The molecule has 1 N–H and O–H groups in total. The van der Waals surface area contributed by atoms with Gasteiger partial charge in [-0.25, -0.2) is 9.18 Å². The van der Waals surface area contributed by atoms with E-state index in [1.165, 1.54) is 17.0 Å². The molecule has 0 fully saturated rings. The van der Waals surface area contributed by atoms with Gasteiger partial charge in [-0.15, -0.1) is 0 Å². The molecule has 1 amide bonds. The molecule has 0 aliphatic heterocycles. The molecule has 0 heterocycles. The van der Waals surface area contributed by atoms with Gasteiger partial charge in [0.2, 0.25) is 0 Å². The number of anilines is 1. The fraction of sp³-hybridized carbons (Fsp3) is 0.286. The highest BCUT2D eigenvalue weighted by Crippen LogP contribution is 2.27. The van der Waals surface area contributed by atoms with Crippen LogP contribution < -0.4 is 4.90 Å². The summed E-state index contributed by atoms with van der Waals surface area (Å²) in [5, 5.41) is 9.56. The number of halogens is 1. The average molecular weight is 341 g/mol. The number of carboxylic acid groups (broad SMARTS) is 1. The number of aryl methyl sites for hydroxylation is 1. The van der Waals surface area contributed by atoms with E-state index in [2.05, 4.69) is 0 Å². The maximum Gasteiger partial charge on any atom is 0.411 e. The van der Waals surface area contributed by atoms with E-state index in [4.69, 9.17) is 0 Å². The summed E-state index contributed by atoms with van der Waals surface area (Å²) in [5.41, 5.74) is 2.45. The Balaban J connectivity index is 2.05. The number of hydrogen-bond acceptors (Lipinski definition) is 1. The van der Waals surface area contributed by atoms with Crippen molar-refractivity contribution >= 4 is 17.9 Å². The highest BCUT2D eigenvalue weighted by Gasteiger charge is 2.25. The molecule has 0 bridgehead atoms. The van der Waals surface area contributed by atoms with Gasteiger partial charge in [0, 0.05) is 12.2 Å². The summed E-state index contributed by atoms with van der Waals surface area (Å²) in [5.74, 6) is -0.257. The fourth-order valence-corrected chi connectivity index (χ4v) is 2.57. The lowest BCUT2D eigenvalue weighted by molar-refractivity contribution is 0.197. The van der Waals surface area contributed by atoms with E-state index >= 15 is 0 Å². The number of carbonyl (C=O) groups is 1. The molecule has 0 spiro atoms. The van der Waals surface area contributed by atoms with Gasteiger partial charge in [0.1, 0.15) is 5.82 Å². The quantitative estimate of drug-likeness (QED) is 0.727. The van der Waals surface area contributed by atoms with Crippen molar-refractivity contribution in [3.05, 3.63) is 71.6 Å². The second-order valence-electron chi connectivity index (χ2n) is 7.03. The number of nitrogens with zero attached hydrogens (tertiary/aromatic N) is 1. The third-order valence-corrected chi connectivity index (χ3v) is 4.01. The number of hydrogen-bond donors (Lipinski definition) is 1. The lowest BCUT2D eigenvalue weighted by Gasteiger charge is -2.30. The highest BCUT2D eigenvalue weighted by atomic mass is 19.1. The van der Waals surface area contributed by atoms with Crippen LogP contribution in [-0.4, -0.2) is 17.7 Å². The molecule has 0 unspecified atom stereocenters. The number of benzene rings is 2. The third kappa shape index (κ3) is 5.75. The van der Waals surface area contributed by atoms with Crippen molar-refractivity contribution in [2.45, 2.75) is 27.2 Å². The van der Waals surface area contributed by atoms with E-state index < -0.39 is 6.09 Å². The number of amides is 1. The van der Waals surface area contributed by atoms with Crippen LogP contribution in [0.5, 0.6) is 0 Å². The van der Waals surface area contributed by atoms with E-state index in [-0.39, 0.29) is 11.2 Å². The van der Waals surface area contributed by atoms with Crippen LogP contribution in [0.3, 0.4) is 0 Å². The smallest absolute Gasteiger partial charge is 0.411 e. The zero-order valence-electron chi connectivity index (χ0n) is 14.9. The largest absolute Gasteiger partial charge is 0.465 e. The predicted octanol–water partition coefficient (Wildman–Crippen LogP) is 5.75. The van der Waals surface area contributed by atoms with Crippen molar-refractivity contribution in [3.8, 4) is 0 Å². The van der Waals surface area contributed by atoms with E-state index in [1.807, 2.05) is 57.2 Å². The summed E-state index contributed by atoms with van der Waals surface area (Å²) >= 11 is 0. The Morgan fingerprint density at radius 3 is 2.28 bits per heavy atom. The van der Waals surface area contributed by atoms with Gasteiger partial charge in [-0.2, -0.15) is 0 Å².